The van der Waals surface area contributed by atoms with Crippen LogP contribution in [0.1, 0.15) is 42.9 Å². The zero-order chi connectivity index (χ0) is 22.1. The molecule has 2 aliphatic heterocycles. The number of carbonyl (C=O) groups excluding carboxylic acids is 2. The number of aromatic nitrogens is 2. The number of halogens is 1. The molecule has 31 heavy (non-hydrogen) atoms. The summed E-state index contributed by atoms with van der Waals surface area (Å²) in [5.74, 6) is -0.582. The maximum Gasteiger partial charge on any atom is 0.225 e. The Hall–Kier alpha value is -2.90. The number of aryl methyl sites for hydroxylation is 2. The van der Waals surface area contributed by atoms with Gasteiger partial charge in [0.2, 0.25) is 11.8 Å². The Morgan fingerprint density at radius 3 is 2.81 bits per heavy atom. The van der Waals surface area contributed by atoms with E-state index in [0.29, 0.717) is 25.1 Å². The summed E-state index contributed by atoms with van der Waals surface area (Å²) in [5, 5.41) is 7.42. The number of benzene rings is 1. The van der Waals surface area contributed by atoms with Gasteiger partial charge in [-0.05, 0) is 43.9 Å². The van der Waals surface area contributed by atoms with E-state index < -0.39 is 0 Å². The molecule has 2 aliphatic rings. The first-order valence-corrected chi connectivity index (χ1v) is 10.9. The van der Waals surface area contributed by atoms with Gasteiger partial charge in [-0.1, -0.05) is 6.07 Å². The van der Waals surface area contributed by atoms with Crippen molar-refractivity contribution >= 4 is 17.5 Å². The van der Waals surface area contributed by atoms with Crippen molar-refractivity contribution in [3.05, 3.63) is 47.5 Å². The van der Waals surface area contributed by atoms with Crippen molar-refractivity contribution in [2.45, 2.75) is 44.7 Å². The number of likely N-dealkylation sites (tertiary alicyclic amines) is 1. The van der Waals surface area contributed by atoms with E-state index >= 15 is 0 Å². The lowest BCUT2D eigenvalue weighted by molar-refractivity contribution is -0.141. The van der Waals surface area contributed by atoms with Crippen molar-refractivity contribution < 1.29 is 14.0 Å². The predicted molar refractivity (Wildman–Crippen MR) is 116 cm³/mol. The number of anilines is 1. The van der Waals surface area contributed by atoms with Crippen molar-refractivity contribution in [2.24, 2.45) is 13.0 Å². The fourth-order valence-electron chi connectivity index (χ4n) is 4.85. The van der Waals surface area contributed by atoms with Crippen LogP contribution in [0.15, 0.2) is 30.6 Å². The highest BCUT2D eigenvalue weighted by Gasteiger charge is 2.40. The van der Waals surface area contributed by atoms with Crippen LogP contribution in [0.3, 0.4) is 0 Å². The monoisotopic (exact) mass is 427 g/mol. The number of nitrogens with zero attached hydrogens (tertiary/aromatic N) is 4. The molecule has 2 aromatic rings. The van der Waals surface area contributed by atoms with Crippen LogP contribution in [0.5, 0.6) is 0 Å². The molecule has 1 aromatic heterocycles. The molecule has 3 unspecified atom stereocenters. The molecule has 1 N–H and O–H groups in total. The molecule has 2 fully saturated rings. The largest absolute Gasteiger partial charge is 0.367 e. The van der Waals surface area contributed by atoms with Crippen molar-refractivity contribution in [3.63, 3.8) is 0 Å². The Morgan fingerprint density at radius 2 is 2.06 bits per heavy atom. The van der Waals surface area contributed by atoms with Gasteiger partial charge in [0.15, 0.2) is 0 Å². The molecule has 3 atom stereocenters. The molecule has 166 valence electrons. The van der Waals surface area contributed by atoms with Crippen molar-refractivity contribution in [3.8, 4) is 0 Å². The SMILES string of the molecule is Cc1ccc(F)c(N2CCCC(NC(=O)C3CCC(=O)N(C)C3c3cnn(C)c3)C2)c1. The van der Waals surface area contributed by atoms with Gasteiger partial charge in [-0.2, -0.15) is 5.10 Å². The Balaban J connectivity index is 1.48. The second-order valence-electron chi connectivity index (χ2n) is 8.79. The van der Waals surface area contributed by atoms with Gasteiger partial charge in [-0.15, -0.1) is 0 Å². The lowest BCUT2D eigenvalue weighted by Crippen LogP contribution is -2.52. The van der Waals surface area contributed by atoms with E-state index in [1.165, 1.54) is 6.07 Å². The highest BCUT2D eigenvalue weighted by Crippen LogP contribution is 2.36. The molecule has 2 saturated heterocycles. The molecule has 0 spiro atoms. The van der Waals surface area contributed by atoms with Crippen LogP contribution in [0, 0.1) is 18.7 Å². The molecule has 0 bridgehead atoms. The van der Waals surface area contributed by atoms with Crippen molar-refractivity contribution in [2.75, 3.05) is 25.0 Å². The summed E-state index contributed by atoms with van der Waals surface area (Å²) in [7, 11) is 3.58. The van der Waals surface area contributed by atoms with Crippen LogP contribution >= 0.6 is 0 Å². The average molecular weight is 428 g/mol. The Morgan fingerprint density at radius 1 is 1.26 bits per heavy atom. The summed E-state index contributed by atoms with van der Waals surface area (Å²) in [6, 6.07) is 4.74. The smallest absolute Gasteiger partial charge is 0.225 e. The first kappa shape index (κ1) is 21.3. The van der Waals surface area contributed by atoms with E-state index in [0.717, 1.165) is 30.5 Å². The van der Waals surface area contributed by atoms with Gasteiger partial charge in [0, 0.05) is 51.4 Å². The number of carbonyl (C=O) groups is 2. The van der Waals surface area contributed by atoms with Crippen LogP contribution in [-0.2, 0) is 16.6 Å². The van der Waals surface area contributed by atoms with Crippen molar-refractivity contribution in [1.82, 2.24) is 20.0 Å². The first-order valence-electron chi connectivity index (χ1n) is 10.9. The molecule has 0 aliphatic carbocycles. The van der Waals surface area contributed by atoms with Gasteiger partial charge >= 0.3 is 0 Å². The van der Waals surface area contributed by atoms with E-state index in [2.05, 4.69) is 10.4 Å². The molecule has 0 saturated carbocycles. The van der Waals surface area contributed by atoms with Crippen LogP contribution in [0.2, 0.25) is 0 Å². The van der Waals surface area contributed by atoms with Crippen molar-refractivity contribution in [1.29, 1.82) is 0 Å². The van der Waals surface area contributed by atoms with Crippen LogP contribution in [0.25, 0.3) is 0 Å². The third-order valence-corrected chi connectivity index (χ3v) is 6.47. The topological polar surface area (TPSA) is 70.5 Å². The second-order valence-corrected chi connectivity index (χ2v) is 8.79. The highest BCUT2D eigenvalue weighted by atomic mass is 19.1. The Kier molecular flexibility index (Phi) is 5.98. The minimum absolute atomic E-state index is 0.0386. The third-order valence-electron chi connectivity index (χ3n) is 6.47. The number of nitrogens with one attached hydrogen (secondary N) is 1. The molecule has 1 aromatic carbocycles. The molecule has 4 rings (SSSR count). The summed E-state index contributed by atoms with van der Waals surface area (Å²) in [5.41, 5.74) is 2.47. The molecule has 3 heterocycles. The number of amides is 2. The lowest BCUT2D eigenvalue weighted by atomic mass is 9.84. The quantitative estimate of drug-likeness (QED) is 0.814. The minimum atomic E-state index is -0.335. The predicted octanol–water partition coefficient (Wildman–Crippen LogP) is 2.56. The molecular formula is C23H30FN5O2. The summed E-state index contributed by atoms with van der Waals surface area (Å²) in [6.45, 7) is 3.29. The normalized spacial score (nSPS) is 24.4. The Labute approximate surface area is 182 Å². The lowest BCUT2D eigenvalue weighted by Gasteiger charge is -2.40. The van der Waals surface area contributed by atoms with Gasteiger partial charge in [0.25, 0.3) is 0 Å². The fourth-order valence-corrected chi connectivity index (χ4v) is 4.85. The Bertz CT molecular complexity index is 975. The van der Waals surface area contributed by atoms with Gasteiger partial charge < -0.3 is 15.1 Å². The summed E-state index contributed by atoms with van der Waals surface area (Å²) in [4.78, 5) is 29.3. The zero-order valence-electron chi connectivity index (χ0n) is 18.3. The fraction of sp³-hybridized carbons (Fsp3) is 0.522. The van der Waals surface area contributed by atoms with Crippen LogP contribution in [0.4, 0.5) is 10.1 Å². The summed E-state index contributed by atoms with van der Waals surface area (Å²) >= 11 is 0. The number of hydrogen-bond donors (Lipinski definition) is 1. The standard InChI is InChI=1S/C23H30FN5O2/c1-15-6-8-19(24)20(11-15)29-10-4-5-17(14-29)26-23(31)18-7-9-21(30)28(3)22(18)16-12-25-27(2)13-16/h6,8,11-13,17-18,22H,4-5,7,9-10,14H2,1-3H3,(H,26,31). The summed E-state index contributed by atoms with van der Waals surface area (Å²) < 4.78 is 16.1. The maximum absolute atomic E-state index is 14.4. The van der Waals surface area contributed by atoms with E-state index in [1.54, 1.807) is 28.9 Å². The number of hydrogen-bond acceptors (Lipinski definition) is 4. The van der Waals surface area contributed by atoms with E-state index in [9.17, 15) is 14.0 Å². The average Bonchev–Trinajstić information content (AvgIpc) is 3.17. The molecule has 0 radical (unpaired) electrons. The van der Waals surface area contributed by atoms with Gasteiger partial charge in [0.1, 0.15) is 5.82 Å². The summed E-state index contributed by atoms with van der Waals surface area (Å²) in [6.07, 6.45) is 6.20. The second kappa shape index (κ2) is 8.69. The maximum atomic E-state index is 14.4. The number of rotatable bonds is 4. The third kappa shape index (κ3) is 4.43. The molecular weight excluding hydrogens is 397 g/mol. The highest BCUT2D eigenvalue weighted by molar-refractivity contribution is 5.85. The zero-order valence-corrected chi connectivity index (χ0v) is 18.3. The van der Waals surface area contributed by atoms with E-state index in [1.807, 2.05) is 31.1 Å². The van der Waals surface area contributed by atoms with Crippen LogP contribution < -0.4 is 10.2 Å². The first-order chi connectivity index (χ1) is 14.8. The van der Waals surface area contributed by atoms with Gasteiger partial charge in [-0.3, -0.25) is 14.3 Å². The molecule has 8 heteroatoms. The van der Waals surface area contributed by atoms with E-state index in [-0.39, 0.29) is 35.6 Å². The minimum Gasteiger partial charge on any atom is -0.367 e. The van der Waals surface area contributed by atoms with Crippen LogP contribution in [-0.4, -0.2) is 52.7 Å². The molecule has 7 nitrogen and oxygen atoms in total. The van der Waals surface area contributed by atoms with Gasteiger partial charge in [0.05, 0.1) is 23.8 Å². The van der Waals surface area contributed by atoms with E-state index in [4.69, 9.17) is 0 Å². The number of piperidine rings is 2. The molecule has 2 amide bonds. The van der Waals surface area contributed by atoms with Gasteiger partial charge in [-0.25, -0.2) is 4.39 Å².